The van der Waals surface area contributed by atoms with Crippen LogP contribution < -0.4 is 0 Å². The predicted octanol–water partition coefficient (Wildman–Crippen LogP) is 3.52. The molecule has 6 atom stereocenters. The van der Waals surface area contributed by atoms with Crippen molar-refractivity contribution >= 4 is 35.8 Å². The van der Waals surface area contributed by atoms with Gasteiger partial charge in [-0.1, -0.05) is 0 Å². The molecule has 1 aromatic carbocycles. The minimum atomic E-state index is -0.916. The van der Waals surface area contributed by atoms with Crippen LogP contribution in [0.4, 0.5) is 0 Å². The molecular weight excluding hydrogens is 516 g/mol. The summed E-state index contributed by atoms with van der Waals surface area (Å²) in [5.41, 5.74) is 2.54. The predicted molar refractivity (Wildman–Crippen MR) is 127 cm³/mol. The van der Waals surface area contributed by atoms with Crippen molar-refractivity contribution in [3.05, 3.63) is 33.4 Å². The molecular formula is C27H30O12. The highest BCUT2D eigenvalue weighted by Gasteiger charge is 2.53. The summed E-state index contributed by atoms with van der Waals surface area (Å²) in [5, 5.41) is 0. The van der Waals surface area contributed by atoms with Crippen molar-refractivity contribution in [2.45, 2.75) is 97.4 Å². The number of benzene rings is 1. The van der Waals surface area contributed by atoms with Gasteiger partial charge in [-0.3, -0.25) is 28.8 Å². The fourth-order valence-electron chi connectivity index (χ4n) is 6.09. The third-order valence-electron chi connectivity index (χ3n) is 6.81. The molecule has 3 aliphatic rings. The summed E-state index contributed by atoms with van der Waals surface area (Å²) in [4.78, 5) is 72.7. The molecule has 0 spiro atoms. The van der Waals surface area contributed by atoms with Crippen molar-refractivity contribution in [3.8, 4) is 0 Å². The Morgan fingerprint density at radius 1 is 0.359 bits per heavy atom. The molecule has 0 unspecified atom stereocenters. The minimum Gasteiger partial charge on any atom is -0.457 e. The Hall–Kier alpha value is -3.96. The Balaban J connectivity index is 2.11. The largest absolute Gasteiger partial charge is 0.457 e. The van der Waals surface area contributed by atoms with Gasteiger partial charge in [-0.15, -0.1) is 0 Å². The van der Waals surface area contributed by atoms with Crippen LogP contribution in [0.1, 0.15) is 131 Å². The topological polar surface area (TPSA) is 158 Å². The molecule has 3 aliphatic carbocycles. The van der Waals surface area contributed by atoms with E-state index in [1.54, 1.807) is 0 Å². The number of ether oxygens (including phenoxy) is 6. The molecule has 4 rings (SSSR count). The zero-order valence-corrected chi connectivity index (χ0v) is 22.5. The van der Waals surface area contributed by atoms with E-state index in [0.29, 0.717) is 33.4 Å². The van der Waals surface area contributed by atoms with Crippen molar-refractivity contribution < 1.29 is 57.2 Å². The monoisotopic (exact) mass is 546 g/mol. The zero-order valence-electron chi connectivity index (χ0n) is 22.5. The maximum Gasteiger partial charge on any atom is 0.303 e. The number of hydrogen-bond donors (Lipinski definition) is 0. The Morgan fingerprint density at radius 3 is 0.590 bits per heavy atom. The number of carbonyl (C=O) groups excluding carboxylic acids is 6. The molecule has 39 heavy (non-hydrogen) atoms. The first-order valence-corrected chi connectivity index (χ1v) is 12.5. The van der Waals surface area contributed by atoms with Gasteiger partial charge >= 0.3 is 35.8 Å². The van der Waals surface area contributed by atoms with Crippen LogP contribution in [-0.4, -0.2) is 35.8 Å². The molecule has 0 N–H and O–H groups in total. The summed E-state index contributed by atoms with van der Waals surface area (Å²) in [7, 11) is 0. The van der Waals surface area contributed by atoms with Crippen molar-refractivity contribution in [2.24, 2.45) is 0 Å². The van der Waals surface area contributed by atoms with E-state index in [1.807, 2.05) is 0 Å². The third kappa shape index (κ3) is 5.45. The molecule has 0 radical (unpaired) electrons. The van der Waals surface area contributed by atoms with E-state index < -0.39 is 72.4 Å². The molecule has 0 heterocycles. The molecule has 12 heteroatoms. The van der Waals surface area contributed by atoms with E-state index >= 15 is 0 Å². The molecule has 0 saturated heterocycles. The van der Waals surface area contributed by atoms with Crippen LogP contribution in [0.3, 0.4) is 0 Å². The number of fused-ring (bicyclic) bond motifs is 6. The van der Waals surface area contributed by atoms with Gasteiger partial charge in [0.25, 0.3) is 0 Å². The van der Waals surface area contributed by atoms with E-state index in [2.05, 4.69) is 0 Å². The van der Waals surface area contributed by atoms with Crippen LogP contribution in [0.25, 0.3) is 0 Å². The highest BCUT2D eigenvalue weighted by atomic mass is 16.6. The summed E-state index contributed by atoms with van der Waals surface area (Å²) in [6, 6.07) is 0. The first-order chi connectivity index (χ1) is 18.3. The molecule has 0 aliphatic heterocycles. The fraction of sp³-hybridized carbons (Fsp3) is 0.556. The SMILES string of the molecule is CC(=O)O[C@H]1C[C@H](OC(C)=O)c2c1c1c(c3c2[C@H](OC(C)=O)C[C@@H]3OC(C)=O)[C@H](OC(C)=O)C[C@@H]1OC(C)=O. The molecule has 0 fully saturated rings. The van der Waals surface area contributed by atoms with Gasteiger partial charge in [0, 0.05) is 94.2 Å². The second-order valence-electron chi connectivity index (χ2n) is 9.78. The van der Waals surface area contributed by atoms with Gasteiger partial charge in [-0.25, -0.2) is 0 Å². The van der Waals surface area contributed by atoms with Gasteiger partial charge in [0.2, 0.25) is 0 Å². The lowest BCUT2D eigenvalue weighted by atomic mass is 9.87. The third-order valence-corrected chi connectivity index (χ3v) is 6.81. The first-order valence-electron chi connectivity index (χ1n) is 12.5. The summed E-state index contributed by atoms with van der Waals surface area (Å²) in [6.45, 7) is 7.39. The lowest BCUT2D eigenvalue weighted by molar-refractivity contribution is -0.154. The summed E-state index contributed by atoms with van der Waals surface area (Å²) in [5.74, 6) is -3.60. The molecule has 12 nitrogen and oxygen atoms in total. The van der Waals surface area contributed by atoms with Gasteiger partial charge in [0.1, 0.15) is 36.6 Å². The summed E-state index contributed by atoms with van der Waals surface area (Å²) < 4.78 is 33.8. The molecule has 0 aromatic heterocycles. The van der Waals surface area contributed by atoms with Crippen molar-refractivity contribution in [3.63, 3.8) is 0 Å². The molecule has 0 bridgehead atoms. The Kier molecular flexibility index (Phi) is 7.67. The van der Waals surface area contributed by atoms with E-state index in [4.69, 9.17) is 28.4 Å². The van der Waals surface area contributed by atoms with Gasteiger partial charge in [0.05, 0.1) is 0 Å². The average molecular weight is 547 g/mol. The normalized spacial score (nSPS) is 26.0. The summed E-state index contributed by atoms with van der Waals surface area (Å²) in [6.07, 6.45) is -5.35. The first kappa shape index (κ1) is 28.1. The van der Waals surface area contributed by atoms with Crippen LogP contribution in [-0.2, 0) is 57.2 Å². The summed E-state index contributed by atoms with van der Waals surface area (Å²) >= 11 is 0. The molecule has 0 saturated carbocycles. The second-order valence-corrected chi connectivity index (χ2v) is 9.78. The average Bonchev–Trinajstić information content (AvgIpc) is 3.38. The Bertz CT molecular complexity index is 999. The molecule has 0 amide bonds. The molecule has 210 valence electrons. The van der Waals surface area contributed by atoms with E-state index in [1.165, 1.54) is 41.5 Å². The van der Waals surface area contributed by atoms with Crippen LogP contribution >= 0.6 is 0 Å². The van der Waals surface area contributed by atoms with Crippen LogP contribution in [0, 0.1) is 0 Å². The van der Waals surface area contributed by atoms with Crippen molar-refractivity contribution in [1.82, 2.24) is 0 Å². The minimum absolute atomic E-state index is 0.0490. The molecule has 1 aromatic rings. The number of rotatable bonds is 6. The van der Waals surface area contributed by atoms with Gasteiger partial charge in [-0.2, -0.15) is 0 Å². The van der Waals surface area contributed by atoms with Gasteiger partial charge in [-0.05, 0) is 0 Å². The Morgan fingerprint density at radius 2 is 0.487 bits per heavy atom. The quantitative estimate of drug-likeness (QED) is 0.378. The highest BCUT2D eigenvalue weighted by molar-refractivity contribution is 5.74. The van der Waals surface area contributed by atoms with Gasteiger partial charge in [0.15, 0.2) is 0 Å². The second kappa shape index (κ2) is 10.7. The van der Waals surface area contributed by atoms with Crippen LogP contribution in [0.2, 0.25) is 0 Å². The standard InChI is InChI=1S/C27H30O12/c1-10(28)34-16-7-17(35-11(2)29)23-22(16)24-18(36-12(3)30)8-19(37-13(4)31)26(24)27-21(39-15(6)33)9-20(25(23)27)38-14(5)32/h16-21H,7-9H2,1-6H3/t16-,17-,18-,19+,20+,21-/m0/s1. The zero-order chi connectivity index (χ0) is 28.8. The number of carbonyl (C=O) groups is 6. The van der Waals surface area contributed by atoms with E-state index in [-0.39, 0.29) is 19.3 Å². The number of hydrogen-bond acceptors (Lipinski definition) is 12. The smallest absolute Gasteiger partial charge is 0.303 e. The van der Waals surface area contributed by atoms with Crippen molar-refractivity contribution in [2.75, 3.05) is 0 Å². The maximum atomic E-state index is 12.1. The lowest BCUT2D eigenvalue weighted by Gasteiger charge is -2.25. The van der Waals surface area contributed by atoms with E-state index in [9.17, 15) is 28.8 Å². The highest BCUT2D eigenvalue weighted by Crippen LogP contribution is 2.61. The van der Waals surface area contributed by atoms with Crippen LogP contribution in [0.15, 0.2) is 0 Å². The van der Waals surface area contributed by atoms with Crippen LogP contribution in [0.5, 0.6) is 0 Å². The number of esters is 6. The fourth-order valence-corrected chi connectivity index (χ4v) is 6.09. The maximum absolute atomic E-state index is 12.1. The van der Waals surface area contributed by atoms with Gasteiger partial charge < -0.3 is 28.4 Å². The van der Waals surface area contributed by atoms with E-state index in [0.717, 1.165) is 0 Å². The lowest BCUT2D eigenvalue weighted by Crippen LogP contribution is -2.16. The van der Waals surface area contributed by atoms with Crippen molar-refractivity contribution in [1.29, 1.82) is 0 Å². The Labute approximate surface area is 224 Å².